The molecule has 0 bridgehead atoms. The minimum absolute atomic E-state index is 0.126. The third-order valence-corrected chi connectivity index (χ3v) is 2.96. The van der Waals surface area contributed by atoms with Crippen molar-refractivity contribution in [2.75, 3.05) is 0 Å². The van der Waals surface area contributed by atoms with E-state index in [0.717, 1.165) is 6.20 Å². The molecule has 0 fully saturated rings. The number of rotatable bonds is 3. The van der Waals surface area contributed by atoms with Gasteiger partial charge in [0.1, 0.15) is 11.6 Å². The Balaban J connectivity index is 2.30. The molecular weight excluding hydrogens is 278 g/mol. The number of aromatic nitrogens is 1. The van der Waals surface area contributed by atoms with Gasteiger partial charge in [-0.25, -0.2) is 9.37 Å². The highest BCUT2D eigenvalue weighted by Gasteiger charge is 2.08. The van der Waals surface area contributed by atoms with Gasteiger partial charge in [-0.1, -0.05) is 23.2 Å². The van der Waals surface area contributed by atoms with E-state index in [1.807, 2.05) is 0 Å². The largest absolute Gasteiger partial charge is 0.439 e. The second-order valence-corrected chi connectivity index (χ2v) is 4.31. The second-order valence-electron chi connectivity index (χ2n) is 3.50. The highest BCUT2D eigenvalue weighted by Crippen LogP contribution is 2.29. The number of nitrogens with zero attached hydrogens (tertiary/aromatic N) is 1. The van der Waals surface area contributed by atoms with Crippen LogP contribution in [0.4, 0.5) is 4.39 Å². The summed E-state index contributed by atoms with van der Waals surface area (Å²) in [5.41, 5.74) is 5.97. The molecule has 2 aromatic rings. The molecule has 1 heterocycles. The van der Waals surface area contributed by atoms with Crippen molar-refractivity contribution in [3.8, 4) is 11.6 Å². The van der Waals surface area contributed by atoms with E-state index in [9.17, 15) is 4.39 Å². The molecule has 6 heteroatoms. The van der Waals surface area contributed by atoms with Crippen molar-refractivity contribution in [1.29, 1.82) is 0 Å². The molecule has 0 saturated heterocycles. The molecular formula is C12H9Cl2FN2O. The molecule has 0 aliphatic rings. The first-order valence-electron chi connectivity index (χ1n) is 5.07. The van der Waals surface area contributed by atoms with Crippen molar-refractivity contribution in [2.45, 2.75) is 6.54 Å². The van der Waals surface area contributed by atoms with Crippen molar-refractivity contribution in [1.82, 2.24) is 4.98 Å². The summed E-state index contributed by atoms with van der Waals surface area (Å²) in [7, 11) is 0. The van der Waals surface area contributed by atoms with Gasteiger partial charge in [-0.3, -0.25) is 0 Å². The minimum Gasteiger partial charge on any atom is -0.439 e. The summed E-state index contributed by atoms with van der Waals surface area (Å²) < 4.78 is 18.5. The maximum Gasteiger partial charge on any atom is 0.223 e. The lowest BCUT2D eigenvalue weighted by atomic mass is 10.2. The lowest BCUT2D eigenvalue weighted by molar-refractivity contribution is 0.452. The Bertz CT molecular complexity index is 578. The van der Waals surface area contributed by atoms with Crippen molar-refractivity contribution in [2.24, 2.45) is 5.73 Å². The summed E-state index contributed by atoms with van der Waals surface area (Å²) in [6.45, 7) is 0.126. The van der Waals surface area contributed by atoms with E-state index in [-0.39, 0.29) is 12.4 Å². The summed E-state index contributed by atoms with van der Waals surface area (Å²) in [5, 5.41) is 0.792. The molecule has 2 rings (SSSR count). The van der Waals surface area contributed by atoms with Gasteiger partial charge in [-0.2, -0.15) is 0 Å². The van der Waals surface area contributed by atoms with Gasteiger partial charge in [0.2, 0.25) is 5.88 Å². The maximum atomic E-state index is 13.0. The van der Waals surface area contributed by atoms with Crippen LogP contribution in [0.1, 0.15) is 5.56 Å². The fourth-order valence-electron chi connectivity index (χ4n) is 1.36. The summed E-state index contributed by atoms with van der Waals surface area (Å²) in [6, 6.07) is 6.07. The van der Waals surface area contributed by atoms with E-state index in [2.05, 4.69) is 4.98 Å². The van der Waals surface area contributed by atoms with Gasteiger partial charge in [0.15, 0.2) is 0 Å². The zero-order chi connectivity index (χ0) is 13.1. The monoisotopic (exact) mass is 286 g/mol. The fourth-order valence-corrected chi connectivity index (χ4v) is 1.65. The third kappa shape index (κ3) is 2.90. The predicted molar refractivity (Wildman–Crippen MR) is 68.6 cm³/mol. The summed E-state index contributed by atoms with van der Waals surface area (Å²) in [5.74, 6) is 0.243. The molecule has 1 aromatic carbocycles. The van der Waals surface area contributed by atoms with Crippen molar-refractivity contribution >= 4 is 23.2 Å². The first-order chi connectivity index (χ1) is 8.60. The Morgan fingerprint density at radius 1 is 1.22 bits per heavy atom. The van der Waals surface area contributed by atoms with Gasteiger partial charge in [-0.15, -0.1) is 0 Å². The Labute approximate surface area is 113 Å². The highest BCUT2D eigenvalue weighted by molar-refractivity contribution is 6.42. The van der Waals surface area contributed by atoms with Crippen LogP contribution in [-0.2, 0) is 6.54 Å². The van der Waals surface area contributed by atoms with Gasteiger partial charge >= 0.3 is 0 Å². The van der Waals surface area contributed by atoms with Crippen LogP contribution in [0.5, 0.6) is 11.6 Å². The Morgan fingerprint density at radius 2 is 2.00 bits per heavy atom. The van der Waals surface area contributed by atoms with Crippen LogP contribution in [0.3, 0.4) is 0 Å². The van der Waals surface area contributed by atoms with Crippen LogP contribution in [0.25, 0.3) is 0 Å². The second kappa shape index (κ2) is 5.52. The molecule has 18 heavy (non-hydrogen) atoms. The van der Waals surface area contributed by atoms with E-state index >= 15 is 0 Å². The lowest BCUT2D eigenvalue weighted by Gasteiger charge is -2.09. The van der Waals surface area contributed by atoms with Crippen LogP contribution in [0, 0.1) is 5.82 Å². The highest BCUT2D eigenvalue weighted by atomic mass is 35.5. The SMILES string of the molecule is NCc1cc(F)cnc1Oc1ccc(Cl)c(Cl)c1. The van der Waals surface area contributed by atoms with Gasteiger partial charge in [0, 0.05) is 18.2 Å². The maximum absolute atomic E-state index is 13.0. The lowest BCUT2D eigenvalue weighted by Crippen LogP contribution is -2.02. The van der Waals surface area contributed by atoms with Gasteiger partial charge < -0.3 is 10.5 Å². The van der Waals surface area contributed by atoms with Gasteiger partial charge in [-0.05, 0) is 18.2 Å². The van der Waals surface area contributed by atoms with E-state index < -0.39 is 5.82 Å². The first-order valence-corrected chi connectivity index (χ1v) is 5.83. The number of hydrogen-bond donors (Lipinski definition) is 1. The number of nitrogens with two attached hydrogens (primary N) is 1. The zero-order valence-electron chi connectivity index (χ0n) is 9.16. The van der Waals surface area contributed by atoms with E-state index in [0.29, 0.717) is 21.4 Å². The number of ether oxygens (including phenoxy) is 1. The number of halogens is 3. The Hall–Kier alpha value is -1.36. The molecule has 94 valence electrons. The smallest absolute Gasteiger partial charge is 0.223 e. The predicted octanol–water partition coefficient (Wildman–Crippen LogP) is 3.78. The standard InChI is InChI=1S/C12H9Cl2FN2O/c13-10-2-1-9(4-11(10)14)18-12-7(5-16)3-8(15)6-17-12/h1-4,6H,5,16H2. The van der Waals surface area contributed by atoms with Crippen LogP contribution < -0.4 is 10.5 Å². The summed E-state index contributed by atoms with van der Waals surface area (Å²) in [6.07, 6.45) is 1.06. The average Bonchev–Trinajstić information content (AvgIpc) is 2.36. The quantitative estimate of drug-likeness (QED) is 0.934. The van der Waals surface area contributed by atoms with Gasteiger partial charge in [0.05, 0.1) is 16.2 Å². The molecule has 0 saturated carbocycles. The Kier molecular flexibility index (Phi) is 4.01. The first kappa shape index (κ1) is 13.1. The molecule has 3 nitrogen and oxygen atoms in total. The fraction of sp³-hybridized carbons (Fsp3) is 0.0833. The normalized spacial score (nSPS) is 10.4. The van der Waals surface area contributed by atoms with Crippen LogP contribution >= 0.6 is 23.2 Å². The van der Waals surface area contributed by atoms with E-state index in [4.69, 9.17) is 33.7 Å². The molecule has 0 aliphatic carbocycles. The Morgan fingerprint density at radius 3 is 2.67 bits per heavy atom. The number of pyridine rings is 1. The topological polar surface area (TPSA) is 48.1 Å². The summed E-state index contributed by atoms with van der Waals surface area (Å²) in [4.78, 5) is 3.84. The molecule has 1 aromatic heterocycles. The van der Waals surface area contributed by atoms with Crippen molar-refractivity contribution < 1.29 is 9.13 Å². The summed E-state index contributed by atoms with van der Waals surface area (Å²) >= 11 is 11.7. The molecule has 0 radical (unpaired) electrons. The third-order valence-electron chi connectivity index (χ3n) is 2.22. The molecule has 0 spiro atoms. The van der Waals surface area contributed by atoms with Crippen LogP contribution in [0.15, 0.2) is 30.5 Å². The van der Waals surface area contributed by atoms with Crippen LogP contribution in [0.2, 0.25) is 10.0 Å². The molecule has 2 N–H and O–H groups in total. The zero-order valence-corrected chi connectivity index (χ0v) is 10.7. The molecule has 0 amide bonds. The van der Waals surface area contributed by atoms with Crippen molar-refractivity contribution in [3.63, 3.8) is 0 Å². The van der Waals surface area contributed by atoms with E-state index in [1.165, 1.54) is 6.07 Å². The average molecular weight is 287 g/mol. The molecule has 0 atom stereocenters. The van der Waals surface area contributed by atoms with Crippen molar-refractivity contribution in [3.05, 3.63) is 51.9 Å². The number of benzene rings is 1. The number of hydrogen-bond acceptors (Lipinski definition) is 3. The molecule has 0 unspecified atom stereocenters. The molecule has 0 aliphatic heterocycles. The van der Waals surface area contributed by atoms with Gasteiger partial charge in [0.25, 0.3) is 0 Å². The minimum atomic E-state index is -0.461. The van der Waals surface area contributed by atoms with Crippen LogP contribution in [-0.4, -0.2) is 4.98 Å². The van der Waals surface area contributed by atoms with E-state index in [1.54, 1.807) is 18.2 Å².